The molecule has 17 heavy (non-hydrogen) atoms. The molecular formula is C12H32O2Si3. The van der Waals surface area contributed by atoms with Gasteiger partial charge in [0.15, 0.2) is 16.6 Å². The van der Waals surface area contributed by atoms with Gasteiger partial charge in [0.1, 0.15) is 0 Å². The first-order valence-electron chi connectivity index (χ1n) is 7.06. The van der Waals surface area contributed by atoms with Crippen molar-refractivity contribution >= 4 is 25.2 Å². The third-order valence-corrected chi connectivity index (χ3v) is 17.8. The van der Waals surface area contributed by atoms with Crippen LogP contribution in [0.25, 0.3) is 0 Å². The molecule has 0 bridgehead atoms. The molecule has 0 aliphatic rings. The van der Waals surface area contributed by atoms with Crippen molar-refractivity contribution in [2.45, 2.75) is 78.1 Å². The molecule has 0 atom stereocenters. The van der Waals surface area contributed by atoms with Gasteiger partial charge in [-0.3, -0.25) is 0 Å². The lowest BCUT2D eigenvalue weighted by Gasteiger charge is -2.40. The van der Waals surface area contributed by atoms with Gasteiger partial charge in [-0.1, -0.05) is 27.7 Å². The second-order valence-electron chi connectivity index (χ2n) is 5.92. The number of rotatable bonds is 8. The van der Waals surface area contributed by atoms with E-state index in [-0.39, 0.29) is 0 Å². The van der Waals surface area contributed by atoms with Crippen LogP contribution in [0, 0.1) is 0 Å². The molecular weight excluding hydrogens is 260 g/mol. The molecule has 0 aromatic carbocycles. The van der Waals surface area contributed by atoms with E-state index in [1.165, 1.54) is 24.2 Å². The predicted octanol–water partition coefficient (Wildman–Crippen LogP) is 4.95. The molecule has 0 N–H and O–H groups in total. The van der Waals surface area contributed by atoms with E-state index in [1.54, 1.807) is 0 Å². The van der Waals surface area contributed by atoms with Gasteiger partial charge in [-0.2, -0.15) is 0 Å². The monoisotopic (exact) mass is 292 g/mol. The maximum absolute atomic E-state index is 6.51. The van der Waals surface area contributed by atoms with Crippen LogP contribution in [0.2, 0.25) is 50.4 Å². The van der Waals surface area contributed by atoms with E-state index < -0.39 is 25.2 Å². The molecule has 0 unspecified atom stereocenters. The minimum atomic E-state index is -1.93. The first kappa shape index (κ1) is 17.6. The van der Waals surface area contributed by atoms with Crippen molar-refractivity contribution in [3.63, 3.8) is 0 Å². The summed E-state index contributed by atoms with van der Waals surface area (Å²) in [6, 6.07) is 4.78. The van der Waals surface area contributed by atoms with Gasteiger partial charge in [-0.05, 0) is 50.4 Å². The molecule has 0 fully saturated rings. The van der Waals surface area contributed by atoms with E-state index in [0.29, 0.717) is 0 Å². The van der Waals surface area contributed by atoms with E-state index in [2.05, 4.69) is 53.9 Å². The molecule has 0 aliphatic heterocycles. The van der Waals surface area contributed by atoms with Gasteiger partial charge in [0.25, 0.3) is 0 Å². The SMILES string of the molecule is CC[Si](C)(CC)O[Si](C)(C)O[Si](C)(CC)CC. The summed E-state index contributed by atoms with van der Waals surface area (Å²) in [5.41, 5.74) is 0. The van der Waals surface area contributed by atoms with E-state index >= 15 is 0 Å². The number of hydrogen-bond acceptors (Lipinski definition) is 2. The molecule has 0 aromatic heterocycles. The van der Waals surface area contributed by atoms with Crippen LogP contribution in [0.4, 0.5) is 0 Å². The second kappa shape index (κ2) is 6.65. The summed E-state index contributed by atoms with van der Waals surface area (Å²) in [6.07, 6.45) is 0. The first-order valence-corrected chi connectivity index (χ1v) is 15.5. The van der Waals surface area contributed by atoms with E-state index in [9.17, 15) is 0 Å². The Morgan fingerprint density at radius 1 is 0.588 bits per heavy atom. The van der Waals surface area contributed by atoms with Crippen LogP contribution in [0.5, 0.6) is 0 Å². The van der Waals surface area contributed by atoms with Gasteiger partial charge in [-0.25, -0.2) is 0 Å². The highest BCUT2D eigenvalue weighted by Gasteiger charge is 2.40. The van der Waals surface area contributed by atoms with Crippen molar-refractivity contribution in [3.8, 4) is 0 Å². The third-order valence-electron chi connectivity index (χ3n) is 3.98. The average molecular weight is 293 g/mol. The zero-order chi connectivity index (χ0) is 13.7. The molecule has 0 amide bonds. The Bertz CT molecular complexity index is 202. The quantitative estimate of drug-likeness (QED) is 0.589. The fourth-order valence-corrected chi connectivity index (χ4v) is 15.3. The van der Waals surface area contributed by atoms with Crippen LogP contribution in [-0.2, 0) is 8.23 Å². The molecule has 0 rings (SSSR count). The Kier molecular flexibility index (Phi) is 6.88. The van der Waals surface area contributed by atoms with Crippen LogP contribution < -0.4 is 0 Å². The average Bonchev–Trinajstić information content (AvgIpc) is 2.27. The van der Waals surface area contributed by atoms with Crippen LogP contribution in [0.1, 0.15) is 27.7 Å². The highest BCUT2D eigenvalue weighted by Crippen LogP contribution is 2.27. The van der Waals surface area contributed by atoms with Crippen molar-refractivity contribution in [3.05, 3.63) is 0 Å². The van der Waals surface area contributed by atoms with Crippen molar-refractivity contribution in [2.24, 2.45) is 0 Å². The summed E-state index contributed by atoms with van der Waals surface area (Å²) >= 11 is 0. The fraction of sp³-hybridized carbons (Fsp3) is 1.00. The van der Waals surface area contributed by atoms with E-state index in [0.717, 1.165) is 0 Å². The minimum absolute atomic E-state index is 1.19. The lowest BCUT2D eigenvalue weighted by atomic mass is 10.9. The van der Waals surface area contributed by atoms with E-state index in [4.69, 9.17) is 8.23 Å². The van der Waals surface area contributed by atoms with Crippen LogP contribution in [-0.4, -0.2) is 25.2 Å². The van der Waals surface area contributed by atoms with Gasteiger partial charge < -0.3 is 8.23 Å². The summed E-state index contributed by atoms with van der Waals surface area (Å²) in [4.78, 5) is 0. The van der Waals surface area contributed by atoms with Crippen molar-refractivity contribution in [1.29, 1.82) is 0 Å². The molecule has 0 heterocycles. The van der Waals surface area contributed by atoms with Gasteiger partial charge in [0, 0.05) is 0 Å². The van der Waals surface area contributed by atoms with Gasteiger partial charge in [0.2, 0.25) is 0 Å². The molecule has 0 saturated heterocycles. The Morgan fingerprint density at radius 3 is 1.00 bits per heavy atom. The Balaban J connectivity index is 4.68. The zero-order valence-corrected chi connectivity index (χ0v) is 16.1. The molecule has 2 nitrogen and oxygen atoms in total. The summed E-state index contributed by atoms with van der Waals surface area (Å²) in [5.74, 6) is 0. The predicted molar refractivity (Wildman–Crippen MR) is 84.8 cm³/mol. The maximum atomic E-state index is 6.51. The van der Waals surface area contributed by atoms with Crippen LogP contribution in [0.3, 0.4) is 0 Å². The molecule has 0 radical (unpaired) electrons. The highest BCUT2D eigenvalue weighted by atomic mass is 28.5. The van der Waals surface area contributed by atoms with Gasteiger partial charge in [-0.15, -0.1) is 0 Å². The minimum Gasteiger partial charge on any atom is -0.436 e. The molecule has 0 aliphatic carbocycles. The van der Waals surface area contributed by atoms with Crippen molar-refractivity contribution < 1.29 is 8.23 Å². The van der Waals surface area contributed by atoms with Gasteiger partial charge in [0.05, 0.1) is 0 Å². The number of hydrogen-bond donors (Lipinski definition) is 0. The molecule has 0 spiro atoms. The largest absolute Gasteiger partial charge is 0.436 e. The van der Waals surface area contributed by atoms with Crippen molar-refractivity contribution in [2.75, 3.05) is 0 Å². The van der Waals surface area contributed by atoms with E-state index in [1.807, 2.05) is 0 Å². The van der Waals surface area contributed by atoms with Crippen LogP contribution >= 0.6 is 0 Å². The summed E-state index contributed by atoms with van der Waals surface area (Å²) in [5, 5.41) is 0. The lowest BCUT2D eigenvalue weighted by molar-refractivity contribution is 0.384. The lowest BCUT2D eigenvalue weighted by Crippen LogP contribution is -2.53. The summed E-state index contributed by atoms with van der Waals surface area (Å²) in [7, 11) is -4.93. The van der Waals surface area contributed by atoms with Gasteiger partial charge >= 0.3 is 8.56 Å². The summed E-state index contributed by atoms with van der Waals surface area (Å²) in [6.45, 7) is 18.2. The van der Waals surface area contributed by atoms with Crippen LogP contribution in [0.15, 0.2) is 0 Å². The Labute approximate surface area is 112 Å². The molecule has 0 aromatic rings. The molecule has 0 saturated carbocycles. The maximum Gasteiger partial charge on any atom is 0.311 e. The second-order valence-corrected chi connectivity index (χ2v) is 19.0. The Morgan fingerprint density at radius 2 is 0.824 bits per heavy atom. The highest BCUT2D eigenvalue weighted by molar-refractivity contribution is 6.88. The first-order chi connectivity index (χ1) is 7.66. The standard InChI is InChI=1S/C12H32O2Si3/c1-9-16(7,10-2)13-15(5,6)14-17(8,11-3)12-4/h9-12H2,1-8H3. The smallest absolute Gasteiger partial charge is 0.311 e. The zero-order valence-electron chi connectivity index (χ0n) is 13.1. The van der Waals surface area contributed by atoms with Crippen molar-refractivity contribution in [1.82, 2.24) is 0 Å². The molecule has 104 valence electrons. The normalized spacial score (nSPS) is 14.1. The summed E-state index contributed by atoms with van der Waals surface area (Å²) < 4.78 is 13.0. The molecule has 5 heteroatoms. The fourth-order valence-electron chi connectivity index (χ4n) is 2.00. The topological polar surface area (TPSA) is 18.5 Å². The Hall–Kier alpha value is 0.571. The third kappa shape index (κ3) is 5.83.